The molecule has 37 heavy (non-hydrogen) atoms. The fourth-order valence-corrected chi connectivity index (χ4v) is 3.83. The van der Waals surface area contributed by atoms with Gasteiger partial charge >= 0.3 is 5.95 Å². The third kappa shape index (κ3) is 6.46. The first-order valence-electron chi connectivity index (χ1n) is 12.2. The van der Waals surface area contributed by atoms with Crippen LogP contribution in [0.1, 0.15) is 47.8 Å². The average Bonchev–Trinajstić information content (AvgIpc) is 3.35. The number of nitrogens with one attached hydrogen (secondary N) is 2. The standard InChI is InChI=1S/C29H31N3O5/c1-4-30-28(34)29(2,3)22-14-12-21(13-15-22)18-32-26(33)23-11-8-16-31-27(23)37-25-19-35-24(36-25)17-20-9-6-5-7-10-20/h5-16,19,24H,4,17-18H2,1-3H3,(H,30,34)(H,32,33). The number of hydrogen-bond acceptors (Lipinski definition) is 6. The molecule has 4 rings (SSSR count). The minimum atomic E-state index is -0.652. The SMILES string of the molecule is CCNC(=O)C(C)(C)c1ccc(CNC(=O)c2cccnc2OC2=COC(Cc3ccccc3)O2)cc1. The molecule has 3 aromatic rings. The lowest BCUT2D eigenvalue weighted by atomic mass is 9.83. The molecule has 1 aliphatic heterocycles. The highest BCUT2D eigenvalue weighted by molar-refractivity contribution is 5.96. The molecule has 2 heterocycles. The van der Waals surface area contributed by atoms with Gasteiger partial charge in [-0.15, -0.1) is 0 Å². The predicted molar refractivity (Wildman–Crippen MR) is 138 cm³/mol. The van der Waals surface area contributed by atoms with Gasteiger partial charge in [0.25, 0.3) is 5.91 Å². The Labute approximate surface area is 216 Å². The van der Waals surface area contributed by atoms with Gasteiger partial charge in [-0.25, -0.2) is 4.98 Å². The summed E-state index contributed by atoms with van der Waals surface area (Å²) in [5, 5.41) is 5.76. The van der Waals surface area contributed by atoms with Gasteiger partial charge in [0.05, 0.1) is 5.41 Å². The molecule has 0 radical (unpaired) electrons. The summed E-state index contributed by atoms with van der Waals surface area (Å²) in [6.07, 6.45) is 2.96. The number of nitrogens with zero attached hydrogens (tertiary/aromatic N) is 1. The molecule has 2 aromatic carbocycles. The Morgan fingerprint density at radius 1 is 0.973 bits per heavy atom. The molecule has 2 N–H and O–H groups in total. The lowest BCUT2D eigenvalue weighted by molar-refractivity contribution is -0.125. The van der Waals surface area contributed by atoms with Gasteiger partial charge in [0, 0.05) is 25.7 Å². The van der Waals surface area contributed by atoms with E-state index in [2.05, 4.69) is 15.6 Å². The highest BCUT2D eigenvalue weighted by atomic mass is 16.8. The Bertz CT molecular complexity index is 1260. The van der Waals surface area contributed by atoms with Crippen molar-refractivity contribution in [1.29, 1.82) is 0 Å². The molecule has 2 amide bonds. The summed E-state index contributed by atoms with van der Waals surface area (Å²) < 4.78 is 17.0. The minimum absolute atomic E-state index is 0.0293. The molecule has 8 nitrogen and oxygen atoms in total. The zero-order valence-corrected chi connectivity index (χ0v) is 21.2. The van der Waals surface area contributed by atoms with Crippen molar-refractivity contribution in [3.05, 3.63) is 107 Å². The van der Waals surface area contributed by atoms with Crippen molar-refractivity contribution in [2.45, 2.75) is 45.4 Å². The van der Waals surface area contributed by atoms with E-state index in [-0.39, 0.29) is 29.2 Å². The summed E-state index contributed by atoms with van der Waals surface area (Å²) >= 11 is 0. The van der Waals surface area contributed by atoms with Gasteiger partial charge in [0.1, 0.15) is 5.56 Å². The zero-order valence-electron chi connectivity index (χ0n) is 21.2. The van der Waals surface area contributed by atoms with Crippen LogP contribution in [-0.2, 0) is 32.6 Å². The number of ether oxygens (including phenoxy) is 3. The number of amides is 2. The van der Waals surface area contributed by atoms with Crippen LogP contribution in [-0.4, -0.2) is 29.6 Å². The van der Waals surface area contributed by atoms with E-state index in [9.17, 15) is 9.59 Å². The van der Waals surface area contributed by atoms with Gasteiger partial charge in [0.15, 0.2) is 6.26 Å². The smallest absolute Gasteiger partial charge is 0.325 e. The topological polar surface area (TPSA) is 98.8 Å². The fraction of sp³-hybridized carbons (Fsp3) is 0.276. The summed E-state index contributed by atoms with van der Waals surface area (Å²) in [6.45, 7) is 6.55. The van der Waals surface area contributed by atoms with Crippen LogP contribution < -0.4 is 15.4 Å². The number of rotatable bonds is 10. The van der Waals surface area contributed by atoms with Crippen LogP contribution in [0.2, 0.25) is 0 Å². The van der Waals surface area contributed by atoms with Crippen molar-refractivity contribution in [1.82, 2.24) is 15.6 Å². The predicted octanol–water partition coefficient (Wildman–Crippen LogP) is 4.22. The molecule has 0 fully saturated rings. The first-order valence-corrected chi connectivity index (χ1v) is 12.2. The van der Waals surface area contributed by atoms with E-state index in [1.54, 1.807) is 18.3 Å². The molecule has 1 atom stereocenters. The van der Waals surface area contributed by atoms with Crippen molar-refractivity contribution in [3.63, 3.8) is 0 Å². The molecule has 0 aliphatic carbocycles. The van der Waals surface area contributed by atoms with Gasteiger partial charge in [-0.3, -0.25) is 9.59 Å². The molecule has 192 valence electrons. The van der Waals surface area contributed by atoms with Crippen LogP contribution in [0.4, 0.5) is 0 Å². The van der Waals surface area contributed by atoms with Crippen molar-refractivity contribution < 1.29 is 23.8 Å². The minimum Gasteiger partial charge on any atom is -0.455 e. The third-order valence-corrected chi connectivity index (χ3v) is 6.06. The van der Waals surface area contributed by atoms with Gasteiger partial charge in [0.2, 0.25) is 18.1 Å². The van der Waals surface area contributed by atoms with Gasteiger partial charge in [-0.1, -0.05) is 54.6 Å². The molecular weight excluding hydrogens is 470 g/mol. The maximum Gasteiger partial charge on any atom is 0.325 e. The number of carbonyl (C=O) groups excluding carboxylic acids is 2. The largest absolute Gasteiger partial charge is 0.455 e. The molecule has 0 saturated heterocycles. The average molecular weight is 502 g/mol. The van der Waals surface area contributed by atoms with Crippen LogP contribution in [0.5, 0.6) is 5.88 Å². The van der Waals surface area contributed by atoms with E-state index >= 15 is 0 Å². The molecule has 0 spiro atoms. The molecule has 0 bridgehead atoms. The second-order valence-corrected chi connectivity index (χ2v) is 9.13. The summed E-state index contributed by atoms with van der Waals surface area (Å²) in [4.78, 5) is 29.5. The number of aromatic nitrogens is 1. The van der Waals surface area contributed by atoms with Crippen LogP contribution in [0, 0.1) is 0 Å². The summed E-state index contributed by atoms with van der Waals surface area (Å²) in [5.74, 6) is -0.110. The molecule has 8 heteroatoms. The van der Waals surface area contributed by atoms with E-state index in [0.29, 0.717) is 19.5 Å². The van der Waals surface area contributed by atoms with Gasteiger partial charge in [-0.2, -0.15) is 0 Å². The Morgan fingerprint density at radius 2 is 1.73 bits per heavy atom. The summed E-state index contributed by atoms with van der Waals surface area (Å²) in [7, 11) is 0. The van der Waals surface area contributed by atoms with Crippen molar-refractivity contribution in [3.8, 4) is 5.88 Å². The van der Waals surface area contributed by atoms with Crippen LogP contribution >= 0.6 is 0 Å². The second-order valence-electron chi connectivity index (χ2n) is 9.13. The van der Waals surface area contributed by atoms with E-state index in [4.69, 9.17) is 14.2 Å². The van der Waals surface area contributed by atoms with Crippen molar-refractivity contribution in [2.24, 2.45) is 0 Å². The molecular formula is C29H31N3O5. The monoisotopic (exact) mass is 501 g/mol. The normalized spacial score (nSPS) is 14.7. The Balaban J connectivity index is 1.34. The number of hydrogen-bond donors (Lipinski definition) is 2. The maximum absolute atomic E-state index is 12.9. The van der Waals surface area contributed by atoms with E-state index < -0.39 is 11.7 Å². The zero-order chi connectivity index (χ0) is 26.3. The number of benzene rings is 2. The van der Waals surface area contributed by atoms with E-state index in [1.807, 2.05) is 75.4 Å². The lowest BCUT2D eigenvalue weighted by Gasteiger charge is -2.24. The van der Waals surface area contributed by atoms with E-state index in [0.717, 1.165) is 16.7 Å². The Kier molecular flexibility index (Phi) is 8.08. The first-order chi connectivity index (χ1) is 17.9. The second kappa shape index (κ2) is 11.6. The Hall–Kier alpha value is -4.33. The molecule has 1 aliphatic rings. The fourth-order valence-electron chi connectivity index (χ4n) is 3.83. The van der Waals surface area contributed by atoms with E-state index in [1.165, 1.54) is 6.26 Å². The highest BCUT2D eigenvalue weighted by Gasteiger charge is 2.29. The van der Waals surface area contributed by atoms with Crippen molar-refractivity contribution in [2.75, 3.05) is 6.54 Å². The highest BCUT2D eigenvalue weighted by Crippen LogP contribution is 2.25. The Morgan fingerprint density at radius 3 is 2.46 bits per heavy atom. The number of likely N-dealkylation sites (N-methyl/N-ethyl adjacent to an activating group) is 1. The van der Waals surface area contributed by atoms with Crippen LogP contribution in [0.15, 0.2) is 85.1 Å². The lowest BCUT2D eigenvalue weighted by Crippen LogP contribution is -2.39. The summed E-state index contributed by atoms with van der Waals surface area (Å²) in [6, 6.07) is 20.8. The van der Waals surface area contributed by atoms with Gasteiger partial charge in [-0.05, 0) is 49.6 Å². The molecule has 0 saturated carbocycles. The molecule has 1 unspecified atom stereocenters. The summed E-state index contributed by atoms with van der Waals surface area (Å²) in [5.41, 5.74) is 2.48. The van der Waals surface area contributed by atoms with Crippen LogP contribution in [0.25, 0.3) is 0 Å². The maximum atomic E-state index is 12.9. The third-order valence-electron chi connectivity index (χ3n) is 6.06. The first kappa shape index (κ1) is 25.8. The van der Waals surface area contributed by atoms with Crippen molar-refractivity contribution >= 4 is 11.8 Å². The number of pyridine rings is 1. The number of carbonyl (C=O) groups is 2. The quantitative estimate of drug-likeness (QED) is 0.432. The van der Waals surface area contributed by atoms with Crippen LogP contribution in [0.3, 0.4) is 0 Å². The van der Waals surface area contributed by atoms with Gasteiger partial charge < -0.3 is 24.8 Å². The molecule has 1 aromatic heterocycles.